The molecule has 9 heteroatoms. The quantitative estimate of drug-likeness (QED) is 0.259. The molecule has 0 saturated carbocycles. The Labute approximate surface area is 185 Å². The Morgan fingerprint density at radius 2 is 1.50 bits per heavy atom. The third-order valence-electron chi connectivity index (χ3n) is 3.93. The zero-order chi connectivity index (χ0) is 21.1. The molecule has 0 atom stereocenters. The van der Waals surface area contributed by atoms with E-state index in [0.29, 0.717) is 27.1 Å². The Bertz CT molecular complexity index is 1210. The van der Waals surface area contributed by atoms with E-state index >= 15 is 0 Å². The van der Waals surface area contributed by atoms with Gasteiger partial charge < -0.3 is 13.9 Å². The second kappa shape index (κ2) is 8.79. The summed E-state index contributed by atoms with van der Waals surface area (Å²) in [6.45, 7) is 0. The van der Waals surface area contributed by atoms with E-state index in [4.69, 9.17) is 32.0 Å². The zero-order valence-corrected chi connectivity index (χ0v) is 17.4. The van der Waals surface area contributed by atoms with Crippen LogP contribution in [0.5, 0.6) is 0 Å². The van der Waals surface area contributed by atoms with E-state index in [-0.39, 0.29) is 16.0 Å². The number of carbonyl (C=O) groups is 1. The van der Waals surface area contributed by atoms with E-state index in [0.717, 1.165) is 17.3 Å². The fourth-order valence-corrected chi connectivity index (χ4v) is 3.42. The van der Waals surface area contributed by atoms with Crippen molar-refractivity contribution in [3.05, 3.63) is 81.4 Å². The molecule has 150 valence electrons. The number of aromatic nitrogens is 2. The van der Waals surface area contributed by atoms with Crippen molar-refractivity contribution in [1.29, 1.82) is 0 Å². The molecule has 0 bridgehead atoms. The van der Waals surface area contributed by atoms with Gasteiger partial charge in [0.2, 0.25) is 5.89 Å². The summed E-state index contributed by atoms with van der Waals surface area (Å²) in [4.78, 5) is 11.7. The smallest absolute Gasteiger partial charge is 0.342 e. The molecule has 2 aromatic heterocycles. The van der Waals surface area contributed by atoms with E-state index in [1.165, 1.54) is 6.08 Å². The van der Waals surface area contributed by atoms with Crippen LogP contribution >= 0.6 is 35.0 Å². The fourth-order valence-electron chi connectivity index (χ4n) is 2.52. The Morgan fingerprint density at radius 3 is 2.13 bits per heavy atom. The average molecular weight is 459 g/mol. The summed E-state index contributed by atoms with van der Waals surface area (Å²) in [5, 5.41) is 18.7. The van der Waals surface area contributed by atoms with Gasteiger partial charge in [0.1, 0.15) is 16.4 Å². The SMILES string of the molecule is O=C(O)/C(=C/c1ccc(-c2ccc(Cl)cc2)o1)Sc1nnc(-c2ccc(Cl)cc2)o1. The van der Waals surface area contributed by atoms with Crippen LogP contribution in [0.4, 0.5) is 0 Å². The largest absolute Gasteiger partial charge is 0.477 e. The molecule has 2 heterocycles. The van der Waals surface area contributed by atoms with Gasteiger partial charge in [-0.25, -0.2) is 4.79 Å². The van der Waals surface area contributed by atoms with Gasteiger partial charge in [0.25, 0.3) is 5.22 Å². The minimum atomic E-state index is -1.14. The summed E-state index contributed by atoms with van der Waals surface area (Å²) < 4.78 is 11.3. The molecule has 1 N–H and O–H groups in total. The highest BCUT2D eigenvalue weighted by Crippen LogP contribution is 2.31. The van der Waals surface area contributed by atoms with Crippen molar-refractivity contribution in [2.24, 2.45) is 0 Å². The molecule has 4 rings (SSSR count). The molecule has 2 aromatic carbocycles. The zero-order valence-electron chi connectivity index (χ0n) is 15.1. The number of hydrogen-bond acceptors (Lipinski definition) is 6. The Morgan fingerprint density at radius 1 is 0.867 bits per heavy atom. The van der Waals surface area contributed by atoms with Crippen LogP contribution in [0.15, 0.2) is 79.6 Å². The maximum Gasteiger partial charge on any atom is 0.342 e. The molecule has 0 unspecified atom stereocenters. The number of furan rings is 1. The van der Waals surface area contributed by atoms with Gasteiger partial charge in [-0.2, -0.15) is 0 Å². The normalized spacial score (nSPS) is 11.6. The van der Waals surface area contributed by atoms with Crippen LogP contribution in [0.25, 0.3) is 28.9 Å². The highest BCUT2D eigenvalue weighted by molar-refractivity contribution is 8.03. The van der Waals surface area contributed by atoms with Gasteiger partial charge in [0, 0.05) is 27.2 Å². The molecule has 30 heavy (non-hydrogen) atoms. The lowest BCUT2D eigenvalue weighted by atomic mass is 10.2. The highest BCUT2D eigenvalue weighted by atomic mass is 35.5. The van der Waals surface area contributed by atoms with Gasteiger partial charge in [-0.3, -0.25) is 0 Å². The third kappa shape index (κ3) is 4.76. The molecule has 0 radical (unpaired) electrons. The number of benzene rings is 2. The number of thioether (sulfide) groups is 1. The van der Waals surface area contributed by atoms with Crippen molar-refractivity contribution in [3.63, 3.8) is 0 Å². The Balaban J connectivity index is 1.55. The number of rotatable bonds is 6. The van der Waals surface area contributed by atoms with Gasteiger partial charge >= 0.3 is 5.97 Å². The first-order valence-electron chi connectivity index (χ1n) is 8.56. The van der Waals surface area contributed by atoms with Crippen molar-refractivity contribution >= 4 is 47.0 Å². The predicted octanol–water partition coefficient (Wildman–Crippen LogP) is 6.52. The topological polar surface area (TPSA) is 89.4 Å². The van der Waals surface area contributed by atoms with Gasteiger partial charge in [-0.1, -0.05) is 23.2 Å². The van der Waals surface area contributed by atoms with Crippen LogP contribution in [0.1, 0.15) is 5.76 Å². The number of carboxylic acids is 1. The lowest BCUT2D eigenvalue weighted by Gasteiger charge is -1.98. The van der Waals surface area contributed by atoms with E-state index in [2.05, 4.69) is 10.2 Å². The molecular weight excluding hydrogens is 447 g/mol. The molecule has 0 saturated heterocycles. The standard InChI is InChI=1S/C21H12Cl2N2O4S/c22-14-5-1-12(2-6-14)17-10-9-16(28-17)11-18(20(26)27)30-21-25-24-19(29-21)13-3-7-15(23)8-4-13/h1-11H,(H,26,27)/b18-11-. The predicted molar refractivity (Wildman–Crippen MR) is 115 cm³/mol. The molecule has 0 fully saturated rings. The van der Waals surface area contributed by atoms with Gasteiger partial charge in [0.05, 0.1) is 0 Å². The van der Waals surface area contributed by atoms with Gasteiger partial charge in [0.15, 0.2) is 0 Å². The van der Waals surface area contributed by atoms with Crippen LogP contribution in [0.3, 0.4) is 0 Å². The van der Waals surface area contributed by atoms with E-state index in [1.807, 2.05) is 12.1 Å². The first kappa shape index (κ1) is 20.3. The maximum absolute atomic E-state index is 11.7. The average Bonchev–Trinajstić information content (AvgIpc) is 3.38. The molecule has 4 aromatic rings. The first-order valence-corrected chi connectivity index (χ1v) is 10.1. The third-order valence-corrected chi connectivity index (χ3v) is 5.29. The summed E-state index contributed by atoms with van der Waals surface area (Å²) in [5.41, 5.74) is 1.51. The van der Waals surface area contributed by atoms with E-state index in [9.17, 15) is 9.90 Å². The van der Waals surface area contributed by atoms with Gasteiger partial charge in [-0.15, -0.1) is 10.2 Å². The maximum atomic E-state index is 11.7. The summed E-state index contributed by atoms with van der Waals surface area (Å²) in [6, 6.07) is 17.4. The molecule has 6 nitrogen and oxygen atoms in total. The number of carboxylic acid groups (broad SMARTS) is 1. The van der Waals surface area contributed by atoms with Crippen LogP contribution in [-0.4, -0.2) is 21.3 Å². The van der Waals surface area contributed by atoms with E-state index < -0.39 is 5.97 Å². The van der Waals surface area contributed by atoms with E-state index in [1.54, 1.807) is 48.5 Å². The molecule has 0 aliphatic rings. The number of nitrogens with zero attached hydrogens (tertiary/aromatic N) is 2. The number of hydrogen-bond donors (Lipinski definition) is 1. The van der Waals surface area contributed by atoms with Crippen LogP contribution < -0.4 is 0 Å². The van der Waals surface area contributed by atoms with Crippen LogP contribution in [-0.2, 0) is 4.79 Å². The lowest BCUT2D eigenvalue weighted by Crippen LogP contribution is -1.96. The Hall–Kier alpha value is -3.00. The molecule has 0 aliphatic heterocycles. The molecule has 0 amide bonds. The van der Waals surface area contributed by atoms with Crippen molar-refractivity contribution in [2.75, 3.05) is 0 Å². The summed E-state index contributed by atoms with van der Waals surface area (Å²) in [6.07, 6.45) is 1.40. The van der Waals surface area contributed by atoms with Crippen LogP contribution in [0.2, 0.25) is 10.0 Å². The van der Waals surface area contributed by atoms with Crippen molar-refractivity contribution in [3.8, 4) is 22.8 Å². The van der Waals surface area contributed by atoms with Crippen molar-refractivity contribution < 1.29 is 18.7 Å². The van der Waals surface area contributed by atoms with Crippen molar-refractivity contribution in [2.45, 2.75) is 5.22 Å². The van der Waals surface area contributed by atoms with Gasteiger partial charge in [-0.05, 0) is 72.4 Å². The number of halogens is 2. The monoisotopic (exact) mass is 458 g/mol. The second-order valence-electron chi connectivity index (χ2n) is 6.00. The molecule has 0 aliphatic carbocycles. The van der Waals surface area contributed by atoms with Crippen LogP contribution in [0, 0.1) is 0 Å². The number of aliphatic carboxylic acids is 1. The highest BCUT2D eigenvalue weighted by Gasteiger charge is 2.17. The first-order chi connectivity index (χ1) is 14.5. The summed E-state index contributed by atoms with van der Waals surface area (Å²) in [5.74, 6) is 0.0929. The molecule has 0 spiro atoms. The minimum Gasteiger partial charge on any atom is -0.477 e. The fraction of sp³-hybridized carbons (Fsp3) is 0. The molecular formula is C21H12Cl2N2O4S. The Kier molecular flexibility index (Phi) is 5.94. The summed E-state index contributed by atoms with van der Waals surface area (Å²) in [7, 11) is 0. The summed E-state index contributed by atoms with van der Waals surface area (Å²) >= 11 is 12.6. The second-order valence-corrected chi connectivity index (χ2v) is 7.87. The van der Waals surface area contributed by atoms with Crippen molar-refractivity contribution in [1.82, 2.24) is 10.2 Å². The minimum absolute atomic E-state index is 0.0293. The lowest BCUT2D eigenvalue weighted by molar-refractivity contribution is -0.131.